The van der Waals surface area contributed by atoms with Crippen LogP contribution in [0.1, 0.15) is 31.9 Å². The lowest BCUT2D eigenvalue weighted by atomic mass is 9.87. The van der Waals surface area contributed by atoms with Crippen LogP contribution in [-0.2, 0) is 20.0 Å². The smallest absolute Gasteiger partial charge is 0.246 e. The molecule has 2 saturated heterocycles. The van der Waals surface area contributed by atoms with Crippen molar-refractivity contribution in [1.29, 1.82) is 0 Å². The number of hydrogen-bond donors (Lipinski definition) is 0. The number of carbonyl (C=O) groups excluding carboxylic acids is 1. The Bertz CT molecular complexity index is 1040. The van der Waals surface area contributed by atoms with Gasteiger partial charge in [-0.05, 0) is 41.7 Å². The molecule has 6 heteroatoms. The molecule has 0 saturated carbocycles. The Morgan fingerprint density at radius 1 is 0.931 bits per heavy atom. The lowest BCUT2D eigenvalue weighted by Crippen LogP contribution is -2.62. The minimum atomic E-state index is -3.21. The second-order valence-corrected chi connectivity index (χ2v) is 11.3. The van der Waals surface area contributed by atoms with Crippen LogP contribution < -0.4 is 9.80 Å². The van der Waals surface area contributed by atoms with Crippen molar-refractivity contribution in [3.63, 3.8) is 0 Å². The van der Waals surface area contributed by atoms with E-state index in [1.54, 1.807) is 4.90 Å². The Labute approximate surface area is 173 Å². The van der Waals surface area contributed by atoms with Gasteiger partial charge < -0.3 is 9.80 Å². The summed E-state index contributed by atoms with van der Waals surface area (Å²) < 4.78 is 25.1. The monoisotopic (exact) mass is 412 g/mol. The summed E-state index contributed by atoms with van der Waals surface area (Å²) in [5, 5.41) is 0. The van der Waals surface area contributed by atoms with Crippen molar-refractivity contribution in [3.05, 3.63) is 59.7 Å². The highest BCUT2D eigenvalue weighted by atomic mass is 32.2. The summed E-state index contributed by atoms with van der Waals surface area (Å²) in [6, 6.07) is 15.3. The maximum absolute atomic E-state index is 13.2. The van der Waals surface area contributed by atoms with E-state index in [9.17, 15) is 13.2 Å². The quantitative estimate of drug-likeness (QED) is 0.759. The maximum Gasteiger partial charge on any atom is 0.246 e. The molecule has 2 aliphatic rings. The van der Waals surface area contributed by atoms with Gasteiger partial charge in [0, 0.05) is 11.4 Å². The summed E-state index contributed by atoms with van der Waals surface area (Å²) in [4.78, 5) is 16.9. The van der Waals surface area contributed by atoms with Crippen LogP contribution in [0, 0.1) is 6.92 Å². The first kappa shape index (κ1) is 20.0. The molecule has 0 N–H and O–H groups in total. The van der Waals surface area contributed by atoms with Crippen LogP contribution in [0.15, 0.2) is 48.5 Å². The van der Waals surface area contributed by atoms with Crippen LogP contribution in [-0.4, -0.2) is 44.5 Å². The van der Waals surface area contributed by atoms with Gasteiger partial charge in [-0.2, -0.15) is 0 Å². The fourth-order valence-electron chi connectivity index (χ4n) is 4.46. The van der Waals surface area contributed by atoms with Crippen LogP contribution in [0.25, 0.3) is 0 Å². The Balaban J connectivity index is 1.73. The second kappa shape index (κ2) is 6.87. The number of piperazine rings is 1. The molecule has 0 spiro atoms. The third-order valence-electron chi connectivity index (χ3n) is 6.04. The molecule has 2 atom stereocenters. The first-order chi connectivity index (χ1) is 13.6. The van der Waals surface area contributed by atoms with Crippen molar-refractivity contribution in [1.82, 2.24) is 0 Å². The number of hydrogen-bond acceptors (Lipinski definition) is 4. The number of fused-ring (bicyclic) bond motifs is 1. The molecule has 2 heterocycles. The van der Waals surface area contributed by atoms with Crippen molar-refractivity contribution < 1.29 is 13.2 Å². The first-order valence-corrected chi connectivity index (χ1v) is 11.8. The summed E-state index contributed by atoms with van der Waals surface area (Å²) in [7, 11) is -3.21. The highest BCUT2D eigenvalue weighted by Crippen LogP contribution is 2.36. The zero-order valence-corrected chi connectivity index (χ0v) is 18.2. The molecule has 1 amide bonds. The number of anilines is 2. The van der Waals surface area contributed by atoms with Crippen LogP contribution in [0.2, 0.25) is 0 Å². The van der Waals surface area contributed by atoms with Gasteiger partial charge in [0.1, 0.15) is 0 Å². The molecule has 2 fully saturated rings. The van der Waals surface area contributed by atoms with Gasteiger partial charge in [-0.15, -0.1) is 0 Å². The predicted octanol–water partition coefficient (Wildman–Crippen LogP) is 3.31. The van der Waals surface area contributed by atoms with Crippen molar-refractivity contribution in [2.75, 3.05) is 27.9 Å². The SMILES string of the molecule is Cc1ccccc1N1C(=O)CN(c2ccc(C(C)(C)C)cc2)[C@H]2CS(=O)(=O)C[C@@H]21. The number of benzene rings is 2. The summed E-state index contributed by atoms with van der Waals surface area (Å²) >= 11 is 0. The third kappa shape index (κ3) is 3.66. The van der Waals surface area contributed by atoms with Gasteiger partial charge in [0.15, 0.2) is 9.84 Å². The molecular formula is C23H28N2O3S. The van der Waals surface area contributed by atoms with E-state index in [-0.39, 0.29) is 41.5 Å². The largest absolute Gasteiger partial charge is 0.356 e. The number of sulfone groups is 1. The van der Waals surface area contributed by atoms with E-state index >= 15 is 0 Å². The molecule has 2 aromatic rings. The van der Waals surface area contributed by atoms with Crippen molar-refractivity contribution in [2.45, 2.75) is 45.2 Å². The highest BCUT2D eigenvalue weighted by Gasteiger charge is 2.50. The third-order valence-corrected chi connectivity index (χ3v) is 7.74. The minimum Gasteiger partial charge on any atom is -0.356 e. The average Bonchev–Trinajstić information content (AvgIpc) is 2.96. The molecule has 154 valence electrons. The fraction of sp³-hybridized carbons (Fsp3) is 0.435. The van der Waals surface area contributed by atoms with Gasteiger partial charge in [-0.3, -0.25) is 4.79 Å². The standard InChI is InChI=1S/C23H28N2O3S/c1-16-7-5-6-8-19(16)25-21-15-29(27,28)14-20(21)24(13-22(25)26)18-11-9-17(10-12-18)23(2,3)4/h5-12,20-21H,13-15H2,1-4H3/t20-,21-/m0/s1. The summed E-state index contributed by atoms with van der Waals surface area (Å²) in [6.45, 7) is 8.61. The summed E-state index contributed by atoms with van der Waals surface area (Å²) in [6.07, 6.45) is 0. The molecule has 0 unspecified atom stereocenters. The number of carbonyl (C=O) groups is 1. The van der Waals surface area contributed by atoms with Crippen LogP contribution in [0.5, 0.6) is 0 Å². The molecule has 29 heavy (non-hydrogen) atoms. The summed E-state index contributed by atoms with van der Waals surface area (Å²) in [5.41, 5.74) is 3.95. The van der Waals surface area contributed by atoms with Gasteiger partial charge in [-0.25, -0.2) is 8.42 Å². The van der Waals surface area contributed by atoms with Gasteiger partial charge in [0.25, 0.3) is 0 Å². The van der Waals surface area contributed by atoms with E-state index in [2.05, 4.69) is 32.9 Å². The normalized spacial score (nSPS) is 23.9. The van der Waals surface area contributed by atoms with E-state index < -0.39 is 9.84 Å². The molecule has 2 aliphatic heterocycles. The van der Waals surface area contributed by atoms with Gasteiger partial charge in [0.05, 0.1) is 30.1 Å². The van der Waals surface area contributed by atoms with Crippen LogP contribution in [0.4, 0.5) is 11.4 Å². The first-order valence-electron chi connectivity index (χ1n) is 10.0. The molecule has 4 rings (SSSR count). The number of aryl methyl sites for hydroxylation is 1. The van der Waals surface area contributed by atoms with Crippen molar-refractivity contribution in [3.8, 4) is 0 Å². The molecule has 0 radical (unpaired) electrons. The maximum atomic E-state index is 13.2. The number of amides is 1. The predicted molar refractivity (Wildman–Crippen MR) is 117 cm³/mol. The molecule has 0 aliphatic carbocycles. The summed E-state index contributed by atoms with van der Waals surface area (Å²) in [5.74, 6) is 0.0282. The Kier molecular flexibility index (Phi) is 4.73. The zero-order chi connectivity index (χ0) is 21.0. The Morgan fingerprint density at radius 3 is 2.17 bits per heavy atom. The molecule has 2 aromatic carbocycles. The Morgan fingerprint density at radius 2 is 1.55 bits per heavy atom. The Hall–Kier alpha value is -2.34. The van der Waals surface area contributed by atoms with Crippen LogP contribution in [0.3, 0.4) is 0 Å². The number of para-hydroxylation sites is 1. The average molecular weight is 413 g/mol. The fourth-order valence-corrected chi connectivity index (χ4v) is 6.41. The number of rotatable bonds is 2. The highest BCUT2D eigenvalue weighted by molar-refractivity contribution is 7.91. The lowest BCUT2D eigenvalue weighted by molar-refractivity contribution is -0.118. The van der Waals surface area contributed by atoms with E-state index in [1.165, 1.54) is 5.56 Å². The minimum absolute atomic E-state index is 0.00825. The molecule has 0 bridgehead atoms. The van der Waals surface area contributed by atoms with Crippen molar-refractivity contribution >= 4 is 27.1 Å². The lowest BCUT2D eigenvalue weighted by Gasteiger charge is -2.45. The van der Waals surface area contributed by atoms with E-state index in [4.69, 9.17) is 0 Å². The zero-order valence-electron chi connectivity index (χ0n) is 17.4. The molecule has 0 aromatic heterocycles. The van der Waals surface area contributed by atoms with Crippen molar-refractivity contribution in [2.24, 2.45) is 0 Å². The number of nitrogens with zero attached hydrogens (tertiary/aromatic N) is 2. The molecular weight excluding hydrogens is 384 g/mol. The molecule has 5 nitrogen and oxygen atoms in total. The van der Waals surface area contributed by atoms with E-state index in [0.717, 1.165) is 16.9 Å². The topological polar surface area (TPSA) is 57.7 Å². The van der Waals surface area contributed by atoms with Crippen LogP contribution >= 0.6 is 0 Å². The van der Waals surface area contributed by atoms with Gasteiger partial charge >= 0.3 is 0 Å². The van der Waals surface area contributed by atoms with Gasteiger partial charge in [0.2, 0.25) is 5.91 Å². The van der Waals surface area contributed by atoms with Gasteiger partial charge in [-0.1, -0.05) is 51.1 Å². The van der Waals surface area contributed by atoms with E-state index in [1.807, 2.05) is 48.2 Å². The second-order valence-electron chi connectivity index (χ2n) is 9.19. The van der Waals surface area contributed by atoms with E-state index in [0.29, 0.717) is 0 Å².